The lowest BCUT2D eigenvalue weighted by molar-refractivity contribution is -0.149. The Kier molecular flexibility index (Phi) is 12.3. The Hall–Kier alpha value is -1.87. The van der Waals surface area contributed by atoms with Crippen LogP contribution in [0.15, 0.2) is 21.9 Å². The van der Waals surface area contributed by atoms with E-state index in [1.807, 2.05) is 4.98 Å². The van der Waals surface area contributed by atoms with E-state index in [1.165, 1.54) is 6.92 Å². The summed E-state index contributed by atoms with van der Waals surface area (Å²) in [6.45, 7) is 6.35. The summed E-state index contributed by atoms with van der Waals surface area (Å²) >= 11 is 0.982. The molecule has 0 amide bonds. The first-order valence-corrected chi connectivity index (χ1v) is 14.6. The van der Waals surface area contributed by atoms with Crippen LogP contribution in [0.5, 0.6) is 0 Å². The van der Waals surface area contributed by atoms with Crippen LogP contribution in [-0.2, 0) is 32.7 Å². The first-order valence-electron chi connectivity index (χ1n) is 12.0. The summed E-state index contributed by atoms with van der Waals surface area (Å²) in [5.41, 5.74) is -1.54. The number of aliphatic hydroxyl groups is 1. The van der Waals surface area contributed by atoms with Gasteiger partial charge < -0.3 is 14.6 Å². The maximum Gasteiger partial charge on any atom is 0.406 e. The molecular weight excluding hydrogens is 548 g/mol. The Morgan fingerprint density at radius 2 is 1.95 bits per heavy atom. The molecule has 6 atom stereocenters. The predicted octanol–water partition coefficient (Wildman–Crippen LogP) is 1.37. The molecule has 0 bridgehead atoms. The van der Waals surface area contributed by atoms with Crippen LogP contribution >= 0.6 is 19.5 Å². The lowest BCUT2D eigenvalue weighted by atomic mass is 10.00. The van der Waals surface area contributed by atoms with Crippen LogP contribution in [0.1, 0.15) is 40.8 Å². The topological polar surface area (TPSA) is 175 Å². The summed E-state index contributed by atoms with van der Waals surface area (Å²) < 4.78 is 49.9. The molecule has 1 aromatic rings. The van der Waals surface area contributed by atoms with Crippen LogP contribution < -0.4 is 16.3 Å². The van der Waals surface area contributed by atoms with Crippen molar-refractivity contribution in [3.8, 4) is 0 Å². The molecule has 0 spiro atoms. The molecule has 16 heteroatoms. The molecule has 0 radical (unpaired) electrons. The smallest absolute Gasteiger partial charge is 0.406 e. The summed E-state index contributed by atoms with van der Waals surface area (Å²) in [5.74, 6) is -1.95. The highest BCUT2D eigenvalue weighted by Gasteiger charge is 2.46. The van der Waals surface area contributed by atoms with Gasteiger partial charge in [-0.05, 0) is 20.8 Å². The van der Waals surface area contributed by atoms with Gasteiger partial charge in [0.05, 0.1) is 32.1 Å². The first-order chi connectivity index (χ1) is 17.8. The highest BCUT2D eigenvalue weighted by molar-refractivity contribution is 8.13. The number of thioether (sulfide) groups is 1. The van der Waals surface area contributed by atoms with Gasteiger partial charge >= 0.3 is 19.4 Å². The zero-order chi connectivity index (χ0) is 28.6. The summed E-state index contributed by atoms with van der Waals surface area (Å²) in [7, 11) is -4.25. The van der Waals surface area contributed by atoms with Gasteiger partial charge in [-0.25, -0.2) is 14.4 Å². The normalized spacial score (nSPS) is 23.9. The molecule has 0 aromatic carbocycles. The van der Waals surface area contributed by atoms with Crippen molar-refractivity contribution in [1.29, 1.82) is 0 Å². The number of alkyl halides is 1. The van der Waals surface area contributed by atoms with E-state index in [0.29, 0.717) is 0 Å². The van der Waals surface area contributed by atoms with Crippen molar-refractivity contribution in [3.63, 3.8) is 0 Å². The number of nitrogens with one attached hydrogen (secondary N) is 2. The van der Waals surface area contributed by atoms with Crippen molar-refractivity contribution in [2.45, 2.75) is 65.2 Å². The number of ether oxygens (including phenoxy) is 2. The third-order valence-corrected chi connectivity index (χ3v) is 8.19. The van der Waals surface area contributed by atoms with Crippen LogP contribution in [-0.4, -0.2) is 75.7 Å². The largest absolute Gasteiger partial charge is 0.462 e. The van der Waals surface area contributed by atoms with Crippen molar-refractivity contribution >= 4 is 30.6 Å². The van der Waals surface area contributed by atoms with Crippen molar-refractivity contribution in [2.75, 3.05) is 25.6 Å². The lowest BCUT2D eigenvalue weighted by Gasteiger charge is -2.25. The Morgan fingerprint density at radius 1 is 1.26 bits per heavy atom. The summed E-state index contributed by atoms with van der Waals surface area (Å²) in [6.07, 6.45) is -3.35. The lowest BCUT2D eigenvalue weighted by Crippen LogP contribution is -2.37. The molecule has 1 aliphatic rings. The van der Waals surface area contributed by atoms with Crippen LogP contribution in [0, 0.1) is 11.8 Å². The maximum absolute atomic E-state index is 13.8. The Bertz CT molecular complexity index is 1110. The molecule has 0 saturated carbocycles. The molecule has 1 saturated heterocycles. The Balaban J connectivity index is 2.15. The number of aromatic nitrogens is 2. The van der Waals surface area contributed by atoms with Gasteiger partial charge in [0.2, 0.25) is 0 Å². The third-order valence-electron chi connectivity index (χ3n) is 5.35. The zero-order valence-corrected chi connectivity index (χ0v) is 23.5. The Morgan fingerprint density at radius 3 is 2.53 bits per heavy atom. The van der Waals surface area contributed by atoms with Gasteiger partial charge in [-0.15, -0.1) is 0 Å². The fraction of sp³-hybridized carbons (Fsp3) is 0.727. The first kappa shape index (κ1) is 32.3. The number of carbonyl (C=O) groups is 2. The maximum atomic E-state index is 13.8. The number of carbonyl (C=O) groups excluding carboxylic acids is 2. The van der Waals surface area contributed by atoms with E-state index < -0.39 is 74.7 Å². The van der Waals surface area contributed by atoms with Crippen molar-refractivity contribution in [3.05, 3.63) is 33.1 Å². The van der Waals surface area contributed by atoms with E-state index >= 15 is 0 Å². The number of aromatic amines is 1. The number of nitrogens with zero attached hydrogens (tertiary/aromatic N) is 1. The number of esters is 1. The zero-order valence-electron chi connectivity index (χ0n) is 21.8. The van der Waals surface area contributed by atoms with Gasteiger partial charge in [-0.2, -0.15) is 0 Å². The van der Waals surface area contributed by atoms with Gasteiger partial charge in [0.15, 0.2) is 11.3 Å². The number of aliphatic hydroxyl groups excluding tert-OH is 1. The highest BCUT2D eigenvalue weighted by atomic mass is 32.2. The number of H-pyrrole nitrogens is 1. The van der Waals surface area contributed by atoms with Gasteiger partial charge in [-0.1, -0.05) is 25.6 Å². The average molecular weight is 584 g/mol. The van der Waals surface area contributed by atoms with Gasteiger partial charge in [0.25, 0.3) is 5.56 Å². The second-order valence-electron chi connectivity index (χ2n) is 9.18. The predicted molar refractivity (Wildman–Crippen MR) is 136 cm³/mol. The Labute approximate surface area is 223 Å². The quantitative estimate of drug-likeness (QED) is 0.163. The highest BCUT2D eigenvalue weighted by Crippen LogP contribution is 2.46. The molecular formula is C22H35FN3O10PS. The molecule has 38 heavy (non-hydrogen) atoms. The van der Waals surface area contributed by atoms with E-state index in [1.54, 1.807) is 27.7 Å². The molecule has 1 aliphatic heterocycles. The minimum atomic E-state index is -4.25. The summed E-state index contributed by atoms with van der Waals surface area (Å²) in [6, 6.07) is -0.0788. The van der Waals surface area contributed by atoms with Gasteiger partial charge in [0.1, 0.15) is 12.1 Å². The van der Waals surface area contributed by atoms with Crippen LogP contribution in [0.2, 0.25) is 0 Å². The molecule has 2 heterocycles. The van der Waals surface area contributed by atoms with E-state index in [-0.39, 0.29) is 23.4 Å². The van der Waals surface area contributed by atoms with Gasteiger partial charge in [-0.3, -0.25) is 37.4 Å². The van der Waals surface area contributed by atoms with E-state index in [4.69, 9.17) is 18.5 Å². The molecule has 1 fully saturated rings. The second-order valence-corrected chi connectivity index (χ2v) is 12.0. The van der Waals surface area contributed by atoms with Crippen molar-refractivity contribution < 1.29 is 42.2 Å². The minimum absolute atomic E-state index is 0.0890. The monoisotopic (exact) mass is 583 g/mol. The number of halogens is 1. The molecule has 1 aromatic heterocycles. The standard InChI is InChI=1S/C22H35FN3O10PS/c1-12(2)21(30)38-9-8-33-37(32,25-14(5)20(29)35-13(3)4)34-11-16-15(10-23)18(28)19(36-16)26-7-6-17(27)24-22(26)31/h6-7,12-16,18-19,28H,8-11H2,1-5H3,(H,25,32)(H,24,27,31)/t14-,15-,16-,18-,19-,37-/m1/s1. The summed E-state index contributed by atoms with van der Waals surface area (Å²) in [5, 5.41) is 13.0. The van der Waals surface area contributed by atoms with Crippen molar-refractivity contribution in [2.24, 2.45) is 11.8 Å². The molecule has 0 unspecified atom stereocenters. The van der Waals surface area contributed by atoms with E-state index in [0.717, 1.165) is 28.6 Å². The van der Waals surface area contributed by atoms with E-state index in [2.05, 4.69) is 5.09 Å². The molecule has 216 valence electrons. The van der Waals surface area contributed by atoms with Crippen molar-refractivity contribution in [1.82, 2.24) is 14.6 Å². The minimum Gasteiger partial charge on any atom is -0.462 e. The fourth-order valence-corrected chi connectivity index (χ4v) is 5.68. The average Bonchev–Trinajstić information content (AvgIpc) is 3.14. The van der Waals surface area contributed by atoms with Crippen LogP contribution in [0.4, 0.5) is 4.39 Å². The van der Waals surface area contributed by atoms with Gasteiger partial charge in [0, 0.05) is 29.9 Å². The number of rotatable bonds is 14. The number of hydrogen-bond acceptors (Lipinski definition) is 11. The molecule has 2 rings (SSSR count). The second kappa shape index (κ2) is 14.5. The summed E-state index contributed by atoms with van der Waals surface area (Å²) in [4.78, 5) is 49.6. The SMILES string of the molecule is CC(C)OC(=O)[C@@H](C)N[P@@](=O)(OCCSC(=O)C(C)C)OC[C@H]1O[C@@H](n2ccc(=O)[nH]c2=O)[C@H](O)[C@@H]1CF. The van der Waals surface area contributed by atoms with Crippen LogP contribution in [0.3, 0.4) is 0 Å². The van der Waals surface area contributed by atoms with E-state index in [9.17, 15) is 33.2 Å². The molecule has 0 aliphatic carbocycles. The van der Waals surface area contributed by atoms with Crippen LogP contribution in [0.25, 0.3) is 0 Å². The molecule has 13 nitrogen and oxygen atoms in total. The third kappa shape index (κ3) is 9.11. The fourth-order valence-electron chi connectivity index (χ4n) is 3.38. The molecule has 3 N–H and O–H groups in total. The number of hydrogen-bond donors (Lipinski definition) is 3.